The SMILES string of the molecule is C[C@H](NC(=O)OCN1C(=O)c2ccccc2S1(=O)=O)C(=O)N(CC(=O)O)C(=O)OCc1ccccc1. The minimum Gasteiger partial charge on any atom is -0.480 e. The molecule has 36 heavy (non-hydrogen) atoms. The van der Waals surface area contributed by atoms with Crippen molar-refractivity contribution in [2.75, 3.05) is 13.3 Å². The van der Waals surface area contributed by atoms with Gasteiger partial charge in [-0.15, -0.1) is 0 Å². The van der Waals surface area contributed by atoms with Crippen molar-refractivity contribution in [1.82, 2.24) is 14.5 Å². The van der Waals surface area contributed by atoms with Crippen molar-refractivity contribution in [1.29, 1.82) is 0 Å². The first-order valence-corrected chi connectivity index (χ1v) is 11.8. The molecule has 0 aromatic heterocycles. The third-order valence-corrected chi connectivity index (χ3v) is 6.68. The summed E-state index contributed by atoms with van der Waals surface area (Å²) in [6.45, 7) is -1.09. The van der Waals surface area contributed by atoms with Gasteiger partial charge in [-0.05, 0) is 24.6 Å². The lowest BCUT2D eigenvalue weighted by Crippen LogP contribution is -2.51. The van der Waals surface area contributed by atoms with Crippen molar-refractivity contribution in [2.45, 2.75) is 24.5 Å². The van der Waals surface area contributed by atoms with Crippen LogP contribution in [0.15, 0.2) is 59.5 Å². The third-order valence-electron chi connectivity index (χ3n) is 4.91. The van der Waals surface area contributed by atoms with E-state index in [0.29, 0.717) is 14.8 Å². The van der Waals surface area contributed by atoms with E-state index in [-0.39, 0.29) is 17.1 Å². The Kier molecular flexibility index (Phi) is 7.89. The zero-order chi connectivity index (χ0) is 26.5. The predicted octanol–water partition coefficient (Wildman–Crippen LogP) is 1.15. The molecule has 13 nitrogen and oxygen atoms in total. The van der Waals surface area contributed by atoms with E-state index in [1.807, 2.05) is 0 Å². The standard InChI is InChI=1S/C22H21N3O10S/c1-14(19(28)24(11-18(26)27)22(31)34-12-15-7-3-2-4-8-15)23-21(30)35-13-25-20(29)16-9-5-6-10-17(16)36(25,32)33/h2-10,14H,11-13H2,1H3,(H,23,30)(H,26,27)/t14-/m0/s1. The van der Waals surface area contributed by atoms with Crippen molar-refractivity contribution in [3.05, 3.63) is 65.7 Å². The number of sulfonamides is 1. The normalized spacial score (nSPS) is 14.4. The van der Waals surface area contributed by atoms with Gasteiger partial charge < -0.3 is 19.9 Å². The van der Waals surface area contributed by atoms with Gasteiger partial charge in [0, 0.05) is 0 Å². The average Bonchev–Trinajstić information content (AvgIpc) is 3.04. The number of fused-ring (bicyclic) bond motifs is 1. The number of carbonyl (C=O) groups is 5. The van der Waals surface area contributed by atoms with Gasteiger partial charge in [-0.3, -0.25) is 14.4 Å². The molecular formula is C22H21N3O10S. The number of ether oxygens (including phenoxy) is 2. The van der Waals surface area contributed by atoms with Crippen molar-refractivity contribution < 1.29 is 47.0 Å². The zero-order valence-corrected chi connectivity index (χ0v) is 19.6. The third kappa shape index (κ3) is 5.78. The molecule has 0 unspecified atom stereocenters. The minimum absolute atomic E-state index is 0.0802. The van der Waals surface area contributed by atoms with E-state index < -0.39 is 59.3 Å². The Morgan fingerprint density at radius 1 is 1.03 bits per heavy atom. The molecule has 0 radical (unpaired) electrons. The molecule has 2 N–H and O–H groups in total. The number of nitrogens with zero attached hydrogens (tertiary/aromatic N) is 2. The van der Waals surface area contributed by atoms with Crippen LogP contribution in [0.2, 0.25) is 0 Å². The number of aliphatic carboxylic acids is 1. The summed E-state index contributed by atoms with van der Waals surface area (Å²) in [7, 11) is -4.23. The second kappa shape index (κ2) is 10.9. The van der Waals surface area contributed by atoms with E-state index in [0.717, 1.165) is 6.92 Å². The van der Waals surface area contributed by atoms with Crippen LogP contribution in [0.1, 0.15) is 22.8 Å². The monoisotopic (exact) mass is 519 g/mol. The van der Waals surface area contributed by atoms with Gasteiger partial charge in [0.1, 0.15) is 24.1 Å². The highest BCUT2D eigenvalue weighted by molar-refractivity contribution is 7.90. The highest BCUT2D eigenvalue weighted by Crippen LogP contribution is 2.29. The second-order valence-electron chi connectivity index (χ2n) is 7.44. The molecular weight excluding hydrogens is 498 g/mol. The number of amides is 4. The molecule has 0 saturated heterocycles. The Morgan fingerprint density at radius 3 is 2.31 bits per heavy atom. The summed E-state index contributed by atoms with van der Waals surface area (Å²) >= 11 is 0. The molecule has 2 aromatic rings. The first kappa shape index (κ1) is 26.2. The molecule has 2 aromatic carbocycles. The van der Waals surface area contributed by atoms with Gasteiger partial charge in [0.2, 0.25) is 0 Å². The van der Waals surface area contributed by atoms with Crippen LogP contribution >= 0.6 is 0 Å². The molecule has 190 valence electrons. The second-order valence-corrected chi connectivity index (χ2v) is 9.27. The summed E-state index contributed by atoms with van der Waals surface area (Å²) in [5.74, 6) is -3.52. The minimum atomic E-state index is -4.23. The Hall–Kier alpha value is -4.46. The maximum absolute atomic E-state index is 12.7. The van der Waals surface area contributed by atoms with Crippen LogP contribution in [-0.2, 0) is 35.7 Å². The molecule has 0 spiro atoms. The molecule has 1 heterocycles. The van der Waals surface area contributed by atoms with Crippen molar-refractivity contribution in [3.8, 4) is 0 Å². The topological polar surface area (TPSA) is 177 Å². The molecule has 1 aliphatic rings. The molecule has 0 aliphatic carbocycles. The van der Waals surface area contributed by atoms with Crippen molar-refractivity contribution in [2.24, 2.45) is 0 Å². The van der Waals surface area contributed by atoms with E-state index in [2.05, 4.69) is 5.32 Å². The van der Waals surface area contributed by atoms with Crippen LogP contribution in [0.25, 0.3) is 0 Å². The number of hydrogen-bond acceptors (Lipinski definition) is 9. The van der Waals surface area contributed by atoms with E-state index >= 15 is 0 Å². The van der Waals surface area contributed by atoms with Gasteiger partial charge in [-0.25, -0.2) is 22.9 Å². The van der Waals surface area contributed by atoms with Crippen molar-refractivity contribution in [3.63, 3.8) is 0 Å². The van der Waals surface area contributed by atoms with E-state index in [1.54, 1.807) is 30.3 Å². The molecule has 1 atom stereocenters. The number of rotatable bonds is 8. The van der Waals surface area contributed by atoms with Crippen LogP contribution in [-0.4, -0.2) is 72.0 Å². The average molecular weight is 519 g/mol. The van der Waals surface area contributed by atoms with Gasteiger partial charge in [0.15, 0.2) is 6.73 Å². The maximum Gasteiger partial charge on any atom is 0.417 e. The van der Waals surface area contributed by atoms with Crippen LogP contribution < -0.4 is 5.32 Å². The fraction of sp³-hybridized carbons (Fsp3) is 0.227. The first-order valence-electron chi connectivity index (χ1n) is 10.4. The van der Waals surface area contributed by atoms with Gasteiger partial charge in [-0.1, -0.05) is 42.5 Å². The number of nitrogens with one attached hydrogen (secondary N) is 1. The lowest BCUT2D eigenvalue weighted by atomic mass is 10.2. The maximum atomic E-state index is 12.7. The van der Waals surface area contributed by atoms with Crippen LogP contribution in [0.3, 0.4) is 0 Å². The summed E-state index contributed by atoms with van der Waals surface area (Å²) in [4.78, 5) is 60.8. The number of hydrogen-bond donors (Lipinski definition) is 2. The summed E-state index contributed by atoms with van der Waals surface area (Å²) in [5.41, 5.74) is 0.514. The Labute approximate surface area is 205 Å². The number of imide groups is 1. The summed E-state index contributed by atoms with van der Waals surface area (Å²) in [5, 5.41) is 11.1. The van der Waals surface area contributed by atoms with Crippen LogP contribution in [0, 0.1) is 0 Å². The Morgan fingerprint density at radius 2 is 1.67 bits per heavy atom. The van der Waals surface area contributed by atoms with Gasteiger partial charge in [-0.2, -0.15) is 4.31 Å². The number of carbonyl (C=O) groups excluding carboxylic acids is 4. The van der Waals surface area contributed by atoms with Crippen LogP contribution in [0.4, 0.5) is 9.59 Å². The van der Waals surface area contributed by atoms with Crippen molar-refractivity contribution >= 4 is 40.0 Å². The van der Waals surface area contributed by atoms with E-state index in [9.17, 15) is 32.4 Å². The fourth-order valence-electron chi connectivity index (χ4n) is 3.15. The number of benzene rings is 2. The number of carboxylic acid groups (broad SMARTS) is 1. The van der Waals surface area contributed by atoms with Gasteiger partial charge in [0.25, 0.3) is 21.8 Å². The summed E-state index contributed by atoms with van der Waals surface area (Å²) in [6, 6.07) is 12.4. The zero-order valence-electron chi connectivity index (χ0n) is 18.8. The fourth-order valence-corrected chi connectivity index (χ4v) is 4.58. The van der Waals surface area contributed by atoms with Gasteiger partial charge in [0.05, 0.1) is 5.56 Å². The largest absolute Gasteiger partial charge is 0.480 e. The summed E-state index contributed by atoms with van der Waals surface area (Å²) in [6.07, 6.45) is -2.54. The predicted molar refractivity (Wildman–Crippen MR) is 120 cm³/mol. The molecule has 4 amide bonds. The first-order chi connectivity index (χ1) is 17.0. The number of carboxylic acids is 1. The van der Waals surface area contributed by atoms with E-state index in [4.69, 9.17) is 14.6 Å². The quantitative estimate of drug-likeness (QED) is 0.514. The Bertz CT molecular complexity index is 1300. The highest BCUT2D eigenvalue weighted by atomic mass is 32.2. The van der Waals surface area contributed by atoms with Crippen LogP contribution in [0.5, 0.6) is 0 Å². The smallest absolute Gasteiger partial charge is 0.417 e. The molecule has 0 bridgehead atoms. The Balaban J connectivity index is 1.59. The molecule has 0 saturated carbocycles. The molecule has 3 rings (SSSR count). The highest BCUT2D eigenvalue weighted by Gasteiger charge is 2.41. The summed E-state index contributed by atoms with van der Waals surface area (Å²) < 4.78 is 35.1. The molecule has 0 fully saturated rings. The lowest BCUT2D eigenvalue weighted by molar-refractivity contribution is -0.143. The van der Waals surface area contributed by atoms with E-state index in [1.165, 1.54) is 24.3 Å². The lowest BCUT2D eigenvalue weighted by Gasteiger charge is -2.23. The van der Waals surface area contributed by atoms with Gasteiger partial charge >= 0.3 is 18.2 Å². The molecule has 1 aliphatic heterocycles. The number of alkyl carbamates (subject to hydrolysis) is 1. The molecule has 14 heteroatoms.